The molecule has 1 saturated heterocycles. The van der Waals surface area contributed by atoms with Crippen molar-refractivity contribution in [3.05, 3.63) is 35.7 Å². The van der Waals surface area contributed by atoms with E-state index in [0.717, 1.165) is 16.1 Å². The molecule has 10 heteroatoms. The van der Waals surface area contributed by atoms with Crippen LogP contribution in [0.2, 0.25) is 0 Å². The van der Waals surface area contributed by atoms with Gasteiger partial charge in [0.15, 0.2) is 12.1 Å². The highest BCUT2D eigenvalue weighted by Gasteiger charge is 2.45. The minimum absolute atomic E-state index is 0.391. The Bertz CT molecular complexity index is 692. The first kappa shape index (κ1) is 17.7. The van der Waals surface area contributed by atoms with E-state index in [-0.39, 0.29) is 0 Å². The molecule has 0 aliphatic carbocycles. The van der Waals surface area contributed by atoms with E-state index in [0.29, 0.717) is 12.2 Å². The number of ether oxygens (including phenoxy) is 2. The summed E-state index contributed by atoms with van der Waals surface area (Å²) in [5.74, 6) is 1.13. The Morgan fingerprint density at radius 2 is 1.84 bits per heavy atom. The molecule has 1 aromatic carbocycles. The van der Waals surface area contributed by atoms with Crippen LogP contribution in [0.3, 0.4) is 0 Å². The lowest BCUT2D eigenvalue weighted by atomic mass is 9.99. The smallest absolute Gasteiger partial charge is 0.199 e. The molecule has 0 saturated carbocycles. The second-order valence-corrected chi connectivity index (χ2v) is 5.77. The van der Waals surface area contributed by atoms with Crippen molar-refractivity contribution >= 4 is 0 Å². The predicted octanol–water partition coefficient (Wildman–Crippen LogP) is -1.76. The van der Waals surface area contributed by atoms with Gasteiger partial charge in [0, 0.05) is 6.42 Å². The molecule has 1 aromatic heterocycles. The zero-order valence-corrected chi connectivity index (χ0v) is 13.5. The van der Waals surface area contributed by atoms with Gasteiger partial charge in [-0.15, -0.1) is 15.0 Å². The van der Waals surface area contributed by atoms with Crippen LogP contribution in [-0.4, -0.2) is 78.8 Å². The first-order valence-electron chi connectivity index (χ1n) is 7.75. The number of aliphatic hydroxyl groups is 4. The summed E-state index contributed by atoms with van der Waals surface area (Å²) in [6.45, 7) is -0.519. The monoisotopic (exact) mass is 352 g/mol. The average Bonchev–Trinajstić information content (AvgIpc) is 3.09. The molecular weight excluding hydrogens is 332 g/mol. The predicted molar refractivity (Wildman–Crippen MR) is 82.6 cm³/mol. The van der Waals surface area contributed by atoms with Crippen LogP contribution in [0, 0.1) is 0 Å². The van der Waals surface area contributed by atoms with Gasteiger partial charge >= 0.3 is 0 Å². The molecule has 0 spiro atoms. The molecule has 0 bridgehead atoms. The molecule has 136 valence electrons. The lowest BCUT2D eigenvalue weighted by molar-refractivity contribution is -0.257. The lowest BCUT2D eigenvalue weighted by Crippen LogP contribution is -2.56. The number of methoxy groups -OCH3 is 1. The van der Waals surface area contributed by atoms with Gasteiger partial charge in [-0.25, -0.2) is 0 Å². The van der Waals surface area contributed by atoms with Crippen molar-refractivity contribution in [3.8, 4) is 5.75 Å². The highest BCUT2D eigenvalue weighted by atomic mass is 16.6. The number of hydrogen-bond donors (Lipinski definition) is 4. The van der Waals surface area contributed by atoms with Gasteiger partial charge in [0.2, 0.25) is 0 Å². The molecule has 2 aromatic rings. The van der Waals surface area contributed by atoms with E-state index in [1.54, 1.807) is 7.11 Å². The quantitative estimate of drug-likeness (QED) is 0.492. The van der Waals surface area contributed by atoms with E-state index in [9.17, 15) is 20.4 Å². The van der Waals surface area contributed by atoms with Gasteiger partial charge in [0.1, 0.15) is 30.2 Å². The fourth-order valence-electron chi connectivity index (χ4n) is 2.63. The van der Waals surface area contributed by atoms with E-state index in [2.05, 4.69) is 15.4 Å². The zero-order chi connectivity index (χ0) is 18.0. The zero-order valence-electron chi connectivity index (χ0n) is 13.5. The SMILES string of the molecule is COc1ccc(Cc2nnn([C@@H]3O[C@H](CO)[C@@H](O)[C@H](O)[C@H]3O)n2)cc1. The molecule has 0 amide bonds. The molecule has 5 atom stereocenters. The van der Waals surface area contributed by atoms with Crippen LogP contribution in [0.5, 0.6) is 5.75 Å². The molecule has 1 aliphatic heterocycles. The summed E-state index contributed by atoms with van der Waals surface area (Å²) in [5.41, 5.74) is 0.939. The third kappa shape index (κ3) is 3.62. The van der Waals surface area contributed by atoms with Gasteiger partial charge in [-0.3, -0.25) is 0 Å². The van der Waals surface area contributed by atoms with Crippen LogP contribution < -0.4 is 4.74 Å². The Kier molecular flexibility index (Phi) is 5.25. The van der Waals surface area contributed by atoms with Crippen LogP contribution in [0.25, 0.3) is 0 Å². The maximum Gasteiger partial charge on any atom is 0.199 e. The van der Waals surface area contributed by atoms with Crippen molar-refractivity contribution < 1.29 is 29.9 Å². The normalized spacial score (nSPS) is 29.6. The third-order valence-corrected chi connectivity index (χ3v) is 4.09. The maximum absolute atomic E-state index is 10.1. The minimum Gasteiger partial charge on any atom is -0.497 e. The molecule has 25 heavy (non-hydrogen) atoms. The van der Waals surface area contributed by atoms with E-state index in [1.165, 1.54) is 0 Å². The Hall–Kier alpha value is -2.11. The summed E-state index contributed by atoms with van der Waals surface area (Å²) in [4.78, 5) is 1.03. The van der Waals surface area contributed by atoms with Crippen molar-refractivity contribution in [2.75, 3.05) is 13.7 Å². The van der Waals surface area contributed by atoms with Crippen molar-refractivity contribution in [3.63, 3.8) is 0 Å². The molecular formula is C15H20N4O6. The van der Waals surface area contributed by atoms with E-state index in [4.69, 9.17) is 9.47 Å². The van der Waals surface area contributed by atoms with Gasteiger partial charge < -0.3 is 29.9 Å². The van der Waals surface area contributed by atoms with E-state index < -0.39 is 37.3 Å². The number of aliphatic hydroxyl groups excluding tert-OH is 4. The molecule has 2 heterocycles. The second-order valence-electron chi connectivity index (χ2n) is 5.77. The Morgan fingerprint density at radius 1 is 1.12 bits per heavy atom. The molecule has 0 radical (unpaired) electrons. The standard InChI is InChI=1S/C15H20N4O6/c1-24-9-4-2-8(3-5-9)6-11-16-18-19(17-11)15-14(23)13(22)12(21)10(7-20)25-15/h2-5,10,12-15,20-23H,6-7H2,1H3/t10-,12-,13+,14-,15-/m1/s1. The van der Waals surface area contributed by atoms with Crippen LogP contribution in [0.15, 0.2) is 24.3 Å². The lowest BCUT2D eigenvalue weighted by Gasteiger charge is -2.38. The van der Waals surface area contributed by atoms with Gasteiger partial charge in [-0.2, -0.15) is 0 Å². The second kappa shape index (κ2) is 7.42. The number of tetrazole rings is 1. The van der Waals surface area contributed by atoms with Crippen LogP contribution in [0.1, 0.15) is 17.6 Å². The highest BCUT2D eigenvalue weighted by Crippen LogP contribution is 2.27. The van der Waals surface area contributed by atoms with Crippen molar-refractivity contribution in [1.82, 2.24) is 20.2 Å². The molecule has 1 aliphatic rings. The molecule has 3 rings (SSSR count). The van der Waals surface area contributed by atoms with Crippen LogP contribution in [0.4, 0.5) is 0 Å². The maximum atomic E-state index is 10.1. The van der Waals surface area contributed by atoms with Crippen molar-refractivity contribution in [2.24, 2.45) is 0 Å². The summed E-state index contributed by atoms with van der Waals surface area (Å²) in [7, 11) is 1.59. The number of benzene rings is 1. The van der Waals surface area contributed by atoms with Crippen LogP contribution in [-0.2, 0) is 11.2 Å². The summed E-state index contributed by atoms with van der Waals surface area (Å²) < 4.78 is 10.5. The van der Waals surface area contributed by atoms with Gasteiger partial charge in [0.05, 0.1) is 13.7 Å². The number of rotatable bonds is 5. The molecule has 10 nitrogen and oxygen atoms in total. The molecule has 1 fully saturated rings. The fourth-order valence-corrected chi connectivity index (χ4v) is 2.63. The van der Waals surface area contributed by atoms with Gasteiger partial charge in [-0.05, 0) is 22.9 Å². The highest BCUT2D eigenvalue weighted by molar-refractivity contribution is 5.28. The summed E-state index contributed by atoms with van der Waals surface area (Å²) in [5, 5.41) is 50.8. The molecule has 0 unspecified atom stereocenters. The topological polar surface area (TPSA) is 143 Å². The van der Waals surface area contributed by atoms with E-state index >= 15 is 0 Å². The average molecular weight is 352 g/mol. The number of aromatic nitrogens is 4. The third-order valence-electron chi connectivity index (χ3n) is 4.09. The van der Waals surface area contributed by atoms with E-state index in [1.807, 2.05) is 24.3 Å². The van der Waals surface area contributed by atoms with Gasteiger partial charge in [-0.1, -0.05) is 12.1 Å². The Labute approximate surface area is 143 Å². The number of nitrogens with zero attached hydrogens (tertiary/aromatic N) is 4. The fraction of sp³-hybridized carbons (Fsp3) is 0.533. The van der Waals surface area contributed by atoms with Crippen molar-refractivity contribution in [2.45, 2.75) is 37.1 Å². The first-order valence-corrected chi connectivity index (χ1v) is 7.75. The van der Waals surface area contributed by atoms with Crippen LogP contribution >= 0.6 is 0 Å². The first-order chi connectivity index (χ1) is 12.0. The summed E-state index contributed by atoms with van der Waals surface area (Å²) in [6.07, 6.45) is -6.17. The largest absolute Gasteiger partial charge is 0.497 e. The Morgan fingerprint density at radius 3 is 2.48 bits per heavy atom. The van der Waals surface area contributed by atoms with Gasteiger partial charge in [0.25, 0.3) is 0 Å². The van der Waals surface area contributed by atoms with Crippen molar-refractivity contribution in [1.29, 1.82) is 0 Å². The minimum atomic E-state index is -1.49. The number of hydrogen-bond acceptors (Lipinski definition) is 9. The summed E-state index contributed by atoms with van der Waals surface area (Å²) in [6, 6.07) is 7.37. The summed E-state index contributed by atoms with van der Waals surface area (Å²) >= 11 is 0. The Balaban J connectivity index is 1.73. The molecule has 4 N–H and O–H groups in total.